The van der Waals surface area contributed by atoms with Crippen molar-refractivity contribution in [3.8, 4) is 5.88 Å². The molecule has 21 heavy (non-hydrogen) atoms. The molecule has 1 N–H and O–H groups in total. The highest BCUT2D eigenvalue weighted by Crippen LogP contribution is 2.24. The molecule has 0 radical (unpaired) electrons. The van der Waals surface area contributed by atoms with Crippen LogP contribution in [0.4, 0.5) is 0 Å². The monoisotopic (exact) mass is 290 g/mol. The maximum atomic E-state index is 5.74. The van der Waals surface area contributed by atoms with Gasteiger partial charge in [-0.3, -0.25) is 0 Å². The van der Waals surface area contributed by atoms with Gasteiger partial charge in [0.1, 0.15) is 0 Å². The zero-order chi connectivity index (χ0) is 16.1. The zero-order valence-corrected chi connectivity index (χ0v) is 14.4. The number of aromatic nitrogens is 1. The van der Waals surface area contributed by atoms with Gasteiger partial charge in [0, 0.05) is 23.6 Å². The van der Waals surface area contributed by atoms with Gasteiger partial charge in [-0.1, -0.05) is 26.8 Å². The van der Waals surface area contributed by atoms with Crippen molar-refractivity contribution in [1.82, 2.24) is 10.3 Å². The van der Waals surface area contributed by atoms with Gasteiger partial charge in [-0.2, -0.15) is 0 Å². The van der Waals surface area contributed by atoms with Crippen LogP contribution in [0.2, 0.25) is 0 Å². The third-order valence-corrected chi connectivity index (χ3v) is 3.02. The van der Waals surface area contributed by atoms with E-state index in [4.69, 9.17) is 4.74 Å². The number of hydrogen-bond donors (Lipinski definition) is 1. The lowest BCUT2D eigenvalue weighted by Crippen LogP contribution is -2.35. The van der Waals surface area contributed by atoms with Crippen LogP contribution >= 0.6 is 0 Å². The van der Waals surface area contributed by atoms with Gasteiger partial charge in [0.2, 0.25) is 5.88 Å². The van der Waals surface area contributed by atoms with Crippen LogP contribution in [-0.4, -0.2) is 17.1 Å². The SMILES string of the molecule is C=CCCOc1cc(CNC(C)(C)C)cc(C(C)(C)C)n1. The van der Waals surface area contributed by atoms with Crippen molar-refractivity contribution >= 4 is 0 Å². The van der Waals surface area contributed by atoms with Gasteiger partial charge in [0.05, 0.1) is 12.3 Å². The molecule has 1 rings (SSSR count). The summed E-state index contributed by atoms with van der Waals surface area (Å²) in [6.07, 6.45) is 2.69. The summed E-state index contributed by atoms with van der Waals surface area (Å²) >= 11 is 0. The topological polar surface area (TPSA) is 34.1 Å². The molecular weight excluding hydrogens is 260 g/mol. The molecule has 118 valence electrons. The van der Waals surface area contributed by atoms with Crippen molar-refractivity contribution in [3.63, 3.8) is 0 Å². The molecule has 0 saturated heterocycles. The van der Waals surface area contributed by atoms with E-state index in [0.29, 0.717) is 12.5 Å². The van der Waals surface area contributed by atoms with Crippen LogP contribution in [0.1, 0.15) is 59.2 Å². The first-order valence-electron chi connectivity index (χ1n) is 7.62. The average molecular weight is 290 g/mol. The van der Waals surface area contributed by atoms with Crippen molar-refractivity contribution in [2.45, 2.75) is 65.5 Å². The van der Waals surface area contributed by atoms with Crippen LogP contribution in [-0.2, 0) is 12.0 Å². The quantitative estimate of drug-likeness (QED) is 0.629. The van der Waals surface area contributed by atoms with E-state index in [9.17, 15) is 0 Å². The number of nitrogens with zero attached hydrogens (tertiary/aromatic N) is 1. The van der Waals surface area contributed by atoms with Crippen molar-refractivity contribution in [2.24, 2.45) is 0 Å². The van der Waals surface area contributed by atoms with E-state index in [1.807, 2.05) is 12.1 Å². The fraction of sp³-hybridized carbons (Fsp3) is 0.611. The second kappa shape index (κ2) is 7.08. The Bertz CT molecular complexity index is 467. The molecule has 3 nitrogen and oxygen atoms in total. The van der Waals surface area contributed by atoms with Gasteiger partial charge >= 0.3 is 0 Å². The maximum absolute atomic E-state index is 5.74. The number of rotatable bonds is 6. The van der Waals surface area contributed by atoms with Crippen LogP contribution in [0, 0.1) is 0 Å². The zero-order valence-electron chi connectivity index (χ0n) is 14.4. The van der Waals surface area contributed by atoms with Crippen LogP contribution < -0.4 is 10.1 Å². The molecule has 0 amide bonds. The molecule has 0 saturated carbocycles. The Morgan fingerprint density at radius 3 is 2.38 bits per heavy atom. The minimum atomic E-state index is 0.00822. The van der Waals surface area contributed by atoms with Crippen LogP contribution in [0.15, 0.2) is 24.8 Å². The lowest BCUT2D eigenvalue weighted by atomic mass is 9.90. The van der Waals surface area contributed by atoms with Gasteiger partial charge in [0.25, 0.3) is 0 Å². The van der Waals surface area contributed by atoms with E-state index in [-0.39, 0.29) is 11.0 Å². The van der Waals surface area contributed by atoms with Gasteiger partial charge in [-0.05, 0) is 38.8 Å². The second-order valence-electron chi connectivity index (χ2n) is 7.48. The van der Waals surface area contributed by atoms with E-state index in [1.54, 1.807) is 0 Å². The molecule has 0 aliphatic rings. The lowest BCUT2D eigenvalue weighted by molar-refractivity contribution is 0.308. The third kappa shape index (κ3) is 6.76. The fourth-order valence-electron chi connectivity index (χ4n) is 1.73. The van der Waals surface area contributed by atoms with E-state index < -0.39 is 0 Å². The normalized spacial score (nSPS) is 12.3. The number of hydrogen-bond acceptors (Lipinski definition) is 3. The summed E-state index contributed by atoms with van der Waals surface area (Å²) < 4.78 is 5.74. The van der Waals surface area contributed by atoms with Gasteiger partial charge in [-0.15, -0.1) is 6.58 Å². The first kappa shape index (κ1) is 17.7. The smallest absolute Gasteiger partial charge is 0.213 e. The molecule has 0 unspecified atom stereocenters. The molecule has 3 heteroatoms. The minimum absolute atomic E-state index is 0.00822. The fourth-order valence-corrected chi connectivity index (χ4v) is 1.73. The highest BCUT2D eigenvalue weighted by atomic mass is 16.5. The predicted molar refractivity (Wildman–Crippen MR) is 89.8 cm³/mol. The molecule has 1 heterocycles. The van der Waals surface area contributed by atoms with Gasteiger partial charge in [-0.25, -0.2) is 4.98 Å². The molecule has 0 spiro atoms. The standard InChI is InChI=1S/C18H30N2O/c1-8-9-10-21-16-12-14(13-19-18(5,6)7)11-15(20-16)17(2,3)4/h8,11-12,19H,1,9-10,13H2,2-7H3. The molecular formula is C18H30N2O. The summed E-state index contributed by atoms with van der Waals surface area (Å²) in [6.45, 7) is 18.2. The van der Waals surface area contributed by atoms with Crippen molar-refractivity contribution in [2.75, 3.05) is 6.61 Å². The molecule has 0 aliphatic carbocycles. The van der Waals surface area contributed by atoms with Crippen LogP contribution in [0.25, 0.3) is 0 Å². The van der Waals surface area contributed by atoms with Crippen LogP contribution in [0.3, 0.4) is 0 Å². The van der Waals surface area contributed by atoms with E-state index >= 15 is 0 Å². The Labute approximate surface area is 129 Å². The predicted octanol–water partition coefficient (Wildman–Crippen LogP) is 4.22. The van der Waals surface area contributed by atoms with Crippen LogP contribution in [0.5, 0.6) is 5.88 Å². The van der Waals surface area contributed by atoms with Gasteiger partial charge in [0.15, 0.2) is 0 Å². The minimum Gasteiger partial charge on any atom is -0.477 e. The molecule has 1 aromatic rings. The first-order chi connectivity index (χ1) is 9.62. The molecule has 0 aliphatic heterocycles. The van der Waals surface area contributed by atoms with Crippen molar-refractivity contribution < 1.29 is 4.74 Å². The van der Waals surface area contributed by atoms with E-state index in [2.05, 4.69) is 64.5 Å². The summed E-state index contributed by atoms with van der Waals surface area (Å²) in [4.78, 5) is 4.64. The Hall–Kier alpha value is -1.35. The molecule has 1 aromatic heterocycles. The summed E-state index contributed by atoms with van der Waals surface area (Å²) in [5.41, 5.74) is 2.37. The van der Waals surface area contributed by atoms with Gasteiger partial charge < -0.3 is 10.1 Å². The van der Waals surface area contributed by atoms with Crippen molar-refractivity contribution in [3.05, 3.63) is 36.0 Å². The highest BCUT2D eigenvalue weighted by Gasteiger charge is 2.18. The summed E-state index contributed by atoms with van der Waals surface area (Å²) in [6, 6.07) is 4.19. The maximum Gasteiger partial charge on any atom is 0.213 e. The molecule has 0 aromatic carbocycles. The lowest BCUT2D eigenvalue weighted by Gasteiger charge is -2.23. The number of nitrogens with one attached hydrogen (secondary N) is 1. The Kier molecular flexibility index (Phi) is 5.97. The highest BCUT2D eigenvalue weighted by molar-refractivity contribution is 5.28. The third-order valence-electron chi connectivity index (χ3n) is 3.02. The number of ether oxygens (including phenoxy) is 1. The summed E-state index contributed by atoms with van der Waals surface area (Å²) in [7, 11) is 0. The number of pyridine rings is 1. The Morgan fingerprint density at radius 1 is 1.19 bits per heavy atom. The Morgan fingerprint density at radius 2 is 1.86 bits per heavy atom. The first-order valence-corrected chi connectivity index (χ1v) is 7.62. The van der Waals surface area contributed by atoms with E-state index in [1.165, 1.54) is 5.56 Å². The van der Waals surface area contributed by atoms with E-state index in [0.717, 1.165) is 18.7 Å². The second-order valence-corrected chi connectivity index (χ2v) is 7.48. The van der Waals surface area contributed by atoms with Crippen molar-refractivity contribution in [1.29, 1.82) is 0 Å². The Balaban J connectivity index is 2.95. The average Bonchev–Trinajstić information content (AvgIpc) is 2.35. The molecule has 0 fully saturated rings. The summed E-state index contributed by atoms with van der Waals surface area (Å²) in [5, 5.41) is 3.51. The summed E-state index contributed by atoms with van der Waals surface area (Å²) in [5.74, 6) is 0.704. The molecule has 0 atom stereocenters. The largest absolute Gasteiger partial charge is 0.477 e. The molecule has 0 bridgehead atoms.